The highest BCUT2D eigenvalue weighted by molar-refractivity contribution is 5.84. The summed E-state index contributed by atoms with van der Waals surface area (Å²) < 4.78 is 294. The Morgan fingerprint density at radius 3 is 0.745 bits per heavy atom. The Hall–Kier alpha value is -10.5. The third-order valence-electron chi connectivity index (χ3n) is 15.7. The number of rotatable bonds is 21. The molecule has 8 aromatic rings. The monoisotopic (exact) mass is 1510 g/mol. The van der Waals surface area contributed by atoms with Crippen molar-refractivity contribution in [3.05, 3.63) is 288 Å². The van der Waals surface area contributed by atoms with Gasteiger partial charge in [-0.15, -0.1) is 0 Å². The summed E-state index contributed by atoms with van der Waals surface area (Å²) in [6.07, 6.45) is -30.6. The molecule has 0 aromatic heterocycles. The van der Waals surface area contributed by atoms with E-state index in [1.54, 1.807) is 116 Å². The van der Waals surface area contributed by atoms with E-state index < -0.39 is 129 Å². The van der Waals surface area contributed by atoms with E-state index in [0.29, 0.717) is 36.4 Å². The maximum absolute atomic E-state index is 14.3. The van der Waals surface area contributed by atoms with Crippen molar-refractivity contribution in [1.82, 2.24) is 0 Å². The number of carbonyl (C=O) groups is 3. The van der Waals surface area contributed by atoms with Crippen LogP contribution in [0.5, 0.6) is 34.5 Å². The molecule has 0 N–H and O–H groups in total. The number of carbonyl (C=O) groups excluding carboxylic acids is 3. The number of hydrogen-bond acceptors (Lipinski definition) is 10. The Balaban J connectivity index is 0.000000249. The van der Waals surface area contributed by atoms with Gasteiger partial charge >= 0.3 is 55.0 Å². The van der Waals surface area contributed by atoms with Crippen LogP contribution in [0.2, 0.25) is 0 Å². The topological polar surface area (TPSA) is 116 Å². The molecule has 3 unspecified atom stereocenters. The van der Waals surface area contributed by atoms with E-state index in [1.807, 2.05) is 0 Å². The number of alkyl halides is 18. The first-order valence-electron chi connectivity index (χ1n) is 31.7. The average Bonchev–Trinajstić information content (AvgIpc) is 0.732. The lowest BCUT2D eigenvalue weighted by Gasteiger charge is -2.38. The van der Waals surface area contributed by atoms with Gasteiger partial charge in [0.2, 0.25) is 16.2 Å². The summed E-state index contributed by atoms with van der Waals surface area (Å²) in [5.41, 5.74) is -18.3. The Labute approximate surface area is 597 Å². The van der Waals surface area contributed by atoms with Crippen LogP contribution in [0.15, 0.2) is 243 Å². The molecule has 8 aromatic carbocycles. The second kappa shape index (κ2) is 34.2. The summed E-state index contributed by atoms with van der Waals surface area (Å²) in [7, 11) is 0. The highest BCUT2D eigenvalue weighted by Crippen LogP contribution is 2.60. The first-order valence-corrected chi connectivity index (χ1v) is 31.7. The SMILES string of the molecule is C/C=C/C(=O)Oc1ccc(C(c2ccc(OC(C)OC(C)(C)C)cc2)(C(F)(F)F)C(F)(F)F)cc1.C/C=C/C(=O)Oc1ccc(C(c2ccc(OC(C)c3ccccc3)cc2)(C(F)(F)F)C(F)(F)F)cc1.C=CC(=O)Oc1ccc(C(c2ccc(OC(C)c3ccccc3)cc2)(C(F)(F)F)C(F)(F)F)cc1. The quantitative estimate of drug-likeness (QED) is 0.0226. The lowest BCUT2D eigenvalue weighted by Crippen LogP contribution is -2.54. The number of esters is 3. The van der Waals surface area contributed by atoms with Crippen LogP contribution in [0.4, 0.5) is 79.0 Å². The van der Waals surface area contributed by atoms with Crippen LogP contribution in [-0.2, 0) is 35.4 Å². The molecule has 28 heteroatoms. The molecule has 8 rings (SSSR count). The Kier molecular flexibility index (Phi) is 27.2. The van der Waals surface area contributed by atoms with Gasteiger partial charge in [0, 0.05) is 18.2 Å². The molecule has 10 nitrogen and oxygen atoms in total. The van der Waals surface area contributed by atoms with Crippen molar-refractivity contribution in [3.8, 4) is 34.5 Å². The fourth-order valence-electron chi connectivity index (χ4n) is 11.1. The zero-order chi connectivity index (χ0) is 79.1. The fraction of sp³-hybridized carbons (Fsp3) is 0.269. The molecule has 0 saturated heterocycles. The van der Waals surface area contributed by atoms with Crippen LogP contribution in [0.25, 0.3) is 0 Å². The summed E-state index contributed by atoms with van der Waals surface area (Å²) in [5, 5.41) is 0. The van der Waals surface area contributed by atoms with Gasteiger partial charge in [-0.1, -0.05) is 152 Å². The first kappa shape index (κ1) is 84.4. The van der Waals surface area contributed by atoms with Gasteiger partial charge < -0.3 is 33.2 Å². The van der Waals surface area contributed by atoms with E-state index in [9.17, 15) is 93.4 Å². The van der Waals surface area contributed by atoms with E-state index in [2.05, 4.69) is 6.58 Å². The Morgan fingerprint density at radius 2 is 0.538 bits per heavy atom. The Bertz CT molecular complexity index is 4180. The van der Waals surface area contributed by atoms with Gasteiger partial charge in [0.25, 0.3) is 0 Å². The van der Waals surface area contributed by atoms with Crippen molar-refractivity contribution in [1.29, 1.82) is 0 Å². The van der Waals surface area contributed by atoms with Crippen molar-refractivity contribution in [2.45, 2.75) is 133 Å². The summed E-state index contributed by atoms with van der Waals surface area (Å²) in [5.74, 6) is -2.91. The second-order valence-corrected chi connectivity index (χ2v) is 24.1. The van der Waals surface area contributed by atoms with Crippen molar-refractivity contribution in [2.75, 3.05) is 0 Å². The van der Waals surface area contributed by atoms with Crippen molar-refractivity contribution >= 4 is 17.9 Å². The minimum absolute atomic E-state index is 0.0370. The fourth-order valence-corrected chi connectivity index (χ4v) is 11.1. The standard InChI is InChI=1S/C27H22F6O3.C26H20F6O3.C25H26F6O4/c1-3-7-24(34)36-23-16-12-21(13-17-23)25(26(28,29)30,27(31,32)33)20-10-14-22(15-11-20)35-18(2)19-8-5-4-6-9-19;1-3-23(33)35-22-15-11-20(12-16-22)24(25(27,28)29,26(30,31)32)19-9-13-21(14-10-19)34-17(2)18-7-5-4-6-8-18;1-6-7-21(32)34-20-14-10-18(11-15-20)23(24(26,27)28,25(29,30)31)17-8-12-19(13-9-17)33-16(2)35-22(3,4)5/h3-18H,1-2H3;3-17H,1H2,2H3;6-16H,1-5H3/b7-3+;;7-6+. The zero-order valence-corrected chi connectivity index (χ0v) is 57.3. The molecular weight excluding hydrogens is 1440 g/mol. The molecule has 0 bridgehead atoms. The van der Waals surface area contributed by atoms with Gasteiger partial charge in [-0.05, 0) is 173 Å². The highest BCUT2D eigenvalue weighted by atomic mass is 19.4. The molecule has 0 heterocycles. The molecule has 3 atom stereocenters. The zero-order valence-electron chi connectivity index (χ0n) is 57.3. The van der Waals surface area contributed by atoms with Gasteiger partial charge in [-0.25, -0.2) is 14.4 Å². The van der Waals surface area contributed by atoms with Crippen LogP contribution < -0.4 is 28.4 Å². The lowest BCUT2D eigenvalue weighted by molar-refractivity contribution is -0.290. The molecule has 0 saturated carbocycles. The van der Waals surface area contributed by atoms with Crippen LogP contribution >= 0.6 is 0 Å². The van der Waals surface area contributed by atoms with E-state index in [0.717, 1.165) is 139 Å². The first-order chi connectivity index (χ1) is 49.3. The molecule has 0 spiro atoms. The Morgan fingerprint density at radius 1 is 0.321 bits per heavy atom. The van der Waals surface area contributed by atoms with Gasteiger partial charge in [-0.3, -0.25) is 0 Å². The molecule has 0 fully saturated rings. The smallest absolute Gasteiger partial charge is 0.411 e. The largest absolute Gasteiger partial charge is 0.486 e. The molecule has 0 aliphatic heterocycles. The third kappa shape index (κ3) is 19.9. The summed E-state index contributed by atoms with van der Waals surface area (Å²) in [6.45, 7) is 16.5. The number of ether oxygens (including phenoxy) is 7. The molecule has 566 valence electrons. The van der Waals surface area contributed by atoms with Crippen molar-refractivity contribution in [2.24, 2.45) is 0 Å². The van der Waals surface area contributed by atoms with E-state index >= 15 is 0 Å². The number of allylic oxidation sites excluding steroid dienone is 2. The van der Waals surface area contributed by atoms with Crippen molar-refractivity contribution < 1.29 is 127 Å². The van der Waals surface area contributed by atoms with Crippen LogP contribution in [-0.4, -0.2) is 66.9 Å². The minimum atomic E-state index is -5.75. The van der Waals surface area contributed by atoms with Crippen LogP contribution in [0.1, 0.15) is 112 Å². The van der Waals surface area contributed by atoms with Crippen molar-refractivity contribution in [3.63, 3.8) is 0 Å². The van der Waals surface area contributed by atoms with Crippen LogP contribution in [0.3, 0.4) is 0 Å². The van der Waals surface area contributed by atoms with Gasteiger partial charge in [0.1, 0.15) is 46.7 Å². The molecule has 0 aliphatic rings. The van der Waals surface area contributed by atoms with Gasteiger partial charge in [-0.2, -0.15) is 79.0 Å². The molecule has 106 heavy (non-hydrogen) atoms. The minimum Gasteiger partial charge on any atom is -0.486 e. The van der Waals surface area contributed by atoms with Crippen LogP contribution in [0, 0.1) is 0 Å². The normalized spacial score (nSPS) is 13.6. The summed E-state index contributed by atoms with van der Waals surface area (Å²) >= 11 is 0. The van der Waals surface area contributed by atoms with E-state index in [1.165, 1.54) is 12.2 Å². The van der Waals surface area contributed by atoms with E-state index in [4.69, 9.17) is 33.2 Å². The van der Waals surface area contributed by atoms with Gasteiger partial charge in [0.05, 0.1) is 5.60 Å². The maximum atomic E-state index is 14.3. The summed E-state index contributed by atoms with van der Waals surface area (Å²) in [4.78, 5) is 34.4. The number of benzene rings is 8. The summed E-state index contributed by atoms with van der Waals surface area (Å²) in [6, 6.07) is 37.8. The number of halogens is 18. The molecule has 0 amide bonds. The van der Waals surface area contributed by atoms with E-state index in [-0.39, 0.29) is 34.5 Å². The molecule has 0 radical (unpaired) electrons. The predicted molar refractivity (Wildman–Crippen MR) is 356 cm³/mol. The van der Waals surface area contributed by atoms with Gasteiger partial charge in [0.15, 0.2) is 6.29 Å². The maximum Gasteiger partial charge on any atom is 0.411 e. The predicted octanol–water partition coefficient (Wildman–Crippen LogP) is 22.2. The lowest BCUT2D eigenvalue weighted by atomic mass is 9.73. The molecule has 0 aliphatic carbocycles. The average molecular weight is 1510 g/mol. The highest BCUT2D eigenvalue weighted by Gasteiger charge is 2.75. The number of hydrogen-bond donors (Lipinski definition) is 0. The third-order valence-corrected chi connectivity index (χ3v) is 15.7. The second-order valence-electron chi connectivity index (χ2n) is 24.1. The molecular formula is C78H68F18O10.